The Hall–Kier alpha value is -2.60. The first-order valence-corrected chi connectivity index (χ1v) is 10.4. The Balaban J connectivity index is 1.62. The first-order valence-electron chi connectivity index (χ1n) is 9.97. The van der Waals surface area contributed by atoms with Crippen molar-refractivity contribution in [3.63, 3.8) is 0 Å². The van der Waals surface area contributed by atoms with E-state index >= 15 is 0 Å². The van der Waals surface area contributed by atoms with Gasteiger partial charge in [-0.05, 0) is 48.6 Å². The van der Waals surface area contributed by atoms with Crippen LogP contribution in [0.25, 0.3) is 0 Å². The van der Waals surface area contributed by atoms with Crippen molar-refractivity contribution in [1.82, 2.24) is 10.3 Å². The zero-order valence-electron chi connectivity index (χ0n) is 16.5. The largest absolute Gasteiger partial charge is 0.436 e. The Morgan fingerprint density at radius 2 is 2.14 bits per heavy atom. The van der Waals surface area contributed by atoms with Gasteiger partial charge in [-0.3, -0.25) is 14.5 Å². The van der Waals surface area contributed by atoms with Crippen LogP contribution in [0.15, 0.2) is 36.5 Å². The quantitative estimate of drug-likeness (QED) is 0.808. The molecule has 0 radical (unpaired) electrons. The van der Waals surface area contributed by atoms with E-state index in [9.17, 15) is 9.59 Å². The van der Waals surface area contributed by atoms with Crippen molar-refractivity contribution in [2.45, 2.75) is 39.2 Å². The van der Waals surface area contributed by atoms with Crippen LogP contribution in [0.4, 0.5) is 5.69 Å². The molecular formula is C22H24ClN3O3. The molecule has 2 aromatic rings. The van der Waals surface area contributed by atoms with Crippen LogP contribution < -0.4 is 15.0 Å². The Morgan fingerprint density at radius 1 is 1.31 bits per heavy atom. The number of fused-ring (bicyclic) bond motifs is 2. The van der Waals surface area contributed by atoms with E-state index in [1.165, 1.54) is 11.3 Å². The molecule has 7 heteroatoms. The highest BCUT2D eigenvalue weighted by atomic mass is 35.5. The summed E-state index contributed by atoms with van der Waals surface area (Å²) in [4.78, 5) is 31.7. The summed E-state index contributed by atoms with van der Waals surface area (Å²) >= 11 is 6.17. The fourth-order valence-corrected chi connectivity index (χ4v) is 4.29. The molecule has 0 spiro atoms. The minimum Gasteiger partial charge on any atom is -0.436 e. The minimum atomic E-state index is -0.339. The molecule has 2 heterocycles. The van der Waals surface area contributed by atoms with Gasteiger partial charge in [0.2, 0.25) is 11.8 Å². The Morgan fingerprint density at radius 3 is 2.97 bits per heavy atom. The van der Waals surface area contributed by atoms with Gasteiger partial charge in [0.1, 0.15) is 12.1 Å². The number of ether oxygens (including phenoxy) is 1. The summed E-state index contributed by atoms with van der Waals surface area (Å²) in [6, 6.07) is 8.45. The van der Waals surface area contributed by atoms with E-state index in [-0.39, 0.29) is 30.3 Å². The molecule has 1 aliphatic heterocycles. The summed E-state index contributed by atoms with van der Waals surface area (Å²) in [5.74, 6) is 1.10. The molecule has 0 saturated heterocycles. The van der Waals surface area contributed by atoms with Gasteiger partial charge in [-0.2, -0.15) is 0 Å². The van der Waals surface area contributed by atoms with Gasteiger partial charge in [0.25, 0.3) is 5.91 Å². The number of pyridine rings is 1. The molecule has 1 aromatic heterocycles. The van der Waals surface area contributed by atoms with Gasteiger partial charge in [-0.1, -0.05) is 38.3 Å². The van der Waals surface area contributed by atoms with E-state index in [1.54, 1.807) is 36.5 Å². The zero-order chi connectivity index (χ0) is 20.5. The van der Waals surface area contributed by atoms with E-state index in [1.807, 2.05) is 0 Å². The third kappa shape index (κ3) is 3.94. The van der Waals surface area contributed by atoms with Crippen molar-refractivity contribution in [3.8, 4) is 11.6 Å². The molecule has 1 fully saturated rings. The number of nitrogens with one attached hydrogen (secondary N) is 1. The maximum absolute atomic E-state index is 13.2. The number of anilines is 1. The average Bonchev–Trinajstić information content (AvgIpc) is 2.81. The number of hydrogen-bond donors (Lipinski definition) is 1. The zero-order valence-corrected chi connectivity index (χ0v) is 17.3. The number of amides is 2. The molecule has 1 N–H and O–H groups in total. The smallest absolute Gasteiger partial charge is 0.264 e. The predicted octanol–water partition coefficient (Wildman–Crippen LogP) is 4.43. The Kier molecular flexibility index (Phi) is 5.46. The first-order chi connectivity index (χ1) is 13.9. The lowest BCUT2D eigenvalue weighted by molar-refractivity contribution is -0.121. The summed E-state index contributed by atoms with van der Waals surface area (Å²) in [5, 5.41) is 3.59. The van der Waals surface area contributed by atoms with Crippen LogP contribution in [-0.4, -0.2) is 29.4 Å². The van der Waals surface area contributed by atoms with Gasteiger partial charge in [0, 0.05) is 17.3 Å². The van der Waals surface area contributed by atoms with Crippen LogP contribution in [0.5, 0.6) is 11.6 Å². The molecule has 6 nitrogen and oxygen atoms in total. The molecule has 152 valence electrons. The van der Waals surface area contributed by atoms with E-state index in [0.717, 1.165) is 12.8 Å². The molecular weight excluding hydrogens is 390 g/mol. The fourth-order valence-electron chi connectivity index (χ4n) is 4.12. The van der Waals surface area contributed by atoms with Crippen molar-refractivity contribution in [2.24, 2.45) is 11.8 Å². The van der Waals surface area contributed by atoms with Gasteiger partial charge in [-0.25, -0.2) is 4.98 Å². The lowest BCUT2D eigenvalue weighted by atomic mass is 9.78. The van der Waals surface area contributed by atoms with Crippen LogP contribution in [0.1, 0.15) is 43.5 Å². The number of hydrogen-bond acceptors (Lipinski definition) is 4. The highest BCUT2D eigenvalue weighted by molar-refractivity contribution is 6.31. The number of rotatable bonds is 3. The molecule has 1 saturated carbocycles. The lowest BCUT2D eigenvalue weighted by Gasteiger charge is -2.35. The molecule has 0 unspecified atom stereocenters. The Bertz CT molecular complexity index is 949. The third-order valence-corrected chi connectivity index (χ3v) is 6.26. The van der Waals surface area contributed by atoms with Crippen LogP contribution in [0, 0.1) is 11.8 Å². The number of nitrogens with zero attached hydrogens (tertiary/aromatic N) is 2. The van der Waals surface area contributed by atoms with E-state index < -0.39 is 0 Å². The number of carbonyl (C=O) groups excluding carboxylic acids is 2. The maximum Gasteiger partial charge on any atom is 0.264 e. The second kappa shape index (κ2) is 8.03. The number of benzene rings is 1. The van der Waals surface area contributed by atoms with Gasteiger partial charge in [0.15, 0.2) is 5.75 Å². The molecule has 1 aromatic carbocycles. The van der Waals surface area contributed by atoms with Gasteiger partial charge < -0.3 is 10.1 Å². The Labute approximate surface area is 175 Å². The minimum absolute atomic E-state index is 0.110. The molecule has 2 amide bonds. The normalized spacial score (nSPS) is 23.5. The van der Waals surface area contributed by atoms with Crippen molar-refractivity contribution in [3.05, 3.63) is 47.1 Å². The average molecular weight is 414 g/mol. The molecule has 3 atom stereocenters. The summed E-state index contributed by atoms with van der Waals surface area (Å²) in [6.07, 6.45) is 4.81. The maximum atomic E-state index is 13.2. The van der Waals surface area contributed by atoms with E-state index in [2.05, 4.69) is 24.1 Å². The topological polar surface area (TPSA) is 71.5 Å². The summed E-state index contributed by atoms with van der Waals surface area (Å²) in [7, 11) is 0. The van der Waals surface area contributed by atoms with Gasteiger partial charge in [0.05, 0.1) is 5.69 Å². The summed E-state index contributed by atoms with van der Waals surface area (Å²) in [5.41, 5.74) is 0.771. The second-order valence-electron chi connectivity index (χ2n) is 7.90. The number of carbonyl (C=O) groups is 2. The van der Waals surface area contributed by atoms with Crippen LogP contribution in [0.3, 0.4) is 0 Å². The summed E-state index contributed by atoms with van der Waals surface area (Å²) in [6.45, 7) is 4.29. The summed E-state index contributed by atoms with van der Waals surface area (Å²) < 4.78 is 5.86. The van der Waals surface area contributed by atoms with Gasteiger partial charge >= 0.3 is 0 Å². The fraction of sp³-hybridized carbons (Fsp3) is 0.409. The number of aromatic nitrogens is 1. The lowest BCUT2D eigenvalue weighted by Crippen LogP contribution is -2.48. The SMILES string of the molecule is C[C@@H]1[C@H](C)CCC[C@@H]1NC(=O)CN1C(=O)c2cccnc2Oc2ccc(Cl)cc21. The number of halogens is 1. The standard InChI is InChI=1S/C22H24ClN3O3/c1-13-5-3-7-17(14(13)2)25-20(27)12-26-18-11-15(23)8-9-19(18)29-21-16(22(26)28)6-4-10-24-21/h4,6,8-11,13-14,17H,3,5,7,12H2,1-2H3,(H,25,27)/t13-,14-,17+/m1/s1. The highest BCUT2D eigenvalue weighted by Gasteiger charge is 2.32. The second-order valence-corrected chi connectivity index (χ2v) is 8.34. The van der Waals surface area contributed by atoms with Crippen LogP contribution in [0.2, 0.25) is 5.02 Å². The van der Waals surface area contributed by atoms with Crippen molar-refractivity contribution < 1.29 is 14.3 Å². The van der Waals surface area contributed by atoms with Gasteiger partial charge in [-0.15, -0.1) is 0 Å². The molecule has 1 aliphatic carbocycles. The van der Waals surface area contributed by atoms with Crippen LogP contribution >= 0.6 is 11.6 Å². The monoisotopic (exact) mass is 413 g/mol. The molecule has 4 rings (SSSR count). The molecule has 0 bridgehead atoms. The van der Waals surface area contributed by atoms with E-state index in [4.69, 9.17) is 16.3 Å². The first kappa shape index (κ1) is 19.7. The van der Waals surface area contributed by atoms with Crippen molar-refractivity contribution >= 4 is 29.1 Å². The van der Waals surface area contributed by atoms with E-state index in [0.29, 0.717) is 33.9 Å². The molecule has 2 aliphatic rings. The van der Waals surface area contributed by atoms with Crippen LogP contribution in [-0.2, 0) is 4.79 Å². The van der Waals surface area contributed by atoms with Crippen molar-refractivity contribution in [2.75, 3.05) is 11.4 Å². The predicted molar refractivity (Wildman–Crippen MR) is 112 cm³/mol. The highest BCUT2D eigenvalue weighted by Crippen LogP contribution is 2.39. The van der Waals surface area contributed by atoms with Crippen molar-refractivity contribution in [1.29, 1.82) is 0 Å². The third-order valence-electron chi connectivity index (χ3n) is 6.02. The molecule has 29 heavy (non-hydrogen) atoms.